The third-order valence-electron chi connectivity index (χ3n) is 3.92. The third kappa shape index (κ3) is 3.87. The van der Waals surface area contributed by atoms with Crippen molar-refractivity contribution in [2.24, 2.45) is 0 Å². The molecule has 0 saturated heterocycles. The maximum atomic E-state index is 13.9. The van der Waals surface area contributed by atoms with Crippen LogP contribution in [0.4, 0.5) is 17.6 Å². The number of para-hydroxylation sites is 1. The molecule has 0 bridgehead atoms. The van der Waals surface area contributed by atoms with Gasteiger partial charge in [-0.1, -0.05) is 23.7 Å². The summed E-state index contributed by atoms with van der Waals surface area (Å²) in [6.07, 6.45) is -4.07. The van der Waals surface area contributed by atoms with Crippen molar-refractivity contribution < 1.29 is 27.1 Å². The molecule has 2 aromatic carbocycles. The smallest absolute Gasteiger partial charge is 0.405 e. The average molecular weight is 374 g/mol. The Morgan fingerprint density at radius 2 is 1.96 bits per heavy atom. The predicted molar refractivity (Wildman–Crippen MR) is 83.1 cm³/mol. The monoisotopic (exact) mass is 373 g/mol. The molecule has 0 heterocycles. The Hall–Kier alpha value is -2.28. The van der Waals surface area contributed by atoms with Gasteiger partial charge in [-0.25, -0.2) is 4.39 Å². The Morgan fingerprint density at radius 1 is 1.24 bits per heavy atom. The second-order valence-corrected chi connectivity index (χ2v) is 6.00. The summed E-state index contributed by atoms with van der Waals surface area (Å²) in [6.45, 7) is 0. The van der Waals surface area contributed by atoms with E-state index in [1.807, 2.05) is 0 Å². The fraction of sp³-hybridized carbons (Fsp3) is 0.235. The summed E-state index contributed by atoms with van der Waals surface area (Å²) in [6, 6.07) is 7.25. The fourth-order valence-corrected chi connectivity index (χ4v) is 3.11. The van der Waals surface area contributed by atoms with Crippen LogP contribution in [0.3, 0.4) is 0 Å². The highest BCUT2D eigenvalue weighted by atomic mass is 35.5. The number of ether oxygens (including phenoxy) is 1. The van der Waals surface area contributed by atoms with Gasteiger partial charge in [0.25, 0.3) is 5.91 Å². The van der Waals surface area contributed by atoms with Crippen molar-refractivity contribution in [3.8, 4) is 5.75 Å². The van der Waals surface area contributed by atoms with Gasteiger partial charge in [-0.3, -0.25) is 4.79 Å². The number of amides is 1. The molecule has 0 fully saturated rings. The number of nitrogens with one attached hydrogen (secondary N) is 1. The summed E-state index contributed by atoms with van der Waals surface area (Å²) in [5, 5.41) is 2.81. The van der Waals surface area contributed by atoms with Gasteiger partial charge < -0.3 is 10.1 Å². The molecule has 2 aromatic rings. The van der Waals surface area contributed by atoms with Gasteiger partial charge in [0.05, 0.1) is 11.6 Å². The lowest BCUT2D eigenvalue weighted by Gasteiger charge is -2.17. The summed E-state index contributed by atoms with van der Waals surface area (Å²) >= 11 is 5.85. The highest BCUT2D eigenvalue weighted by molar-refractivity contribution is 6.30. The van der Waals surface area contributed by atoms with Crippen LogP contribution >= 0.6 is 11.6 Å². The molecule has 3 rings (SSSR count). The fourth-order valence-electron chi connectivity index (χ4n) is 2.90. The second kappa shape index (κ2) is 6.55. The molecule has 1 N–H and O–H groups in total. The SMILES string of the molecule is O=C(N[C@@H]1CCc2c(F)cc(Cl)cc21)c1ccccc1OC(F)(F)F. The van der Waals surface area contributed by atoms with Crippen LogP contribution in [-0.2, 0) is 6.42 Å². The average Bonchev–Trinajstić information content (AvgIpc) is 2.89. The van der Waals surface area contributed by atoms with E-state index < -0.39 is 29.9 Å². The first-order chi connectivity index (χ1) is 11.7. The van der Waals surface area contributed by atoms with Crippen molar-refractivity contribution >= 4 is 17.5 Å². The van der Waals surface area contributed by atoms with Gasteiger partial charge in [0.2, 0.25) is 0 Å². The molecule has 1 aliphatic rings. The summed E-state index contributed by atoms with van der Waals surface area (Å²) in [4.78, 5) is 12.4. The van der Waals surface area contributed by atoms with E-state index in [-0.39, 0.29) is 10.6 Å². The first-order valence-electron chi connectivity index (χ1n) is 7.38. The highest BCUT2D eigenvalue weighted by Gasteiger charge is 2.33. The first-order valence-corrected chi connectivity index (χ1v) is 7.76. The first kappa shape index (κ1) is 17.5. The Morgan fingerprint density at radius 3 is 2.68 bits per heavy atom. The van der Waals surface area contributed by atoms with Gasteiger partial charge in [-0.2, -0.15) is 0 Å². The Labute approximate surface area is 145 Å². The number of halogens is 5. The van der Waals surface area contributed by atoms with E-state index in [0.29, 0.717) is 24.0 Å². The van der Waals surface area contributed by atoms with E-state index in [2.05, 4.69) is 10.1 Å². The molecule has 0 radical (unpaired) electrons. The summed E-state index contributed by atoms with van der Waals surface area (Å²) in [5.74, 6) is -1.79. The van der Waals surface area contributed by atoms with Gasteiger partial charge in [0.15, 0.2) is 0 Å². The van der Waals surface area contributed by atoms with Crippen LogP contribution in [-0.4, -0.2) is 12.3 Å². The Kier molecular flexibility index (Phi) is 4.60. The van der Waals surface area contributed by atoms with Gasteiger partial charge in [-0.15, -0.1) is 13.2 Å². The number of carbonyl (C=O) groups excluding carboxylic acids is 1. The van der Waals surface area contributed by atoms with Crippen molar-refractivity contribution in [2.45, 2.75) is 25.2 Å². The lowest BCUT2D eigenvalue weighted by molar-refractivity contribution is -0.274. The molecule has 0 saturated carbocycles. The molecule has 0 aromatic heterocycles. The normalized spacial score (nSPS) is 16.4. The topological polar surface area (TPSA) is 38.3 Å². The van der Waals surface area contributed by atoms with Gasteiger partial charge in [-0.05, 0) is 48.2 Å². The molecule has 0 aliphatic heterocycles. The van der Waals surface area contributed by atoms with Crippen LogP contribution in [0.1, 0.15) is 33.9 Å². The molecule has 1 aliphatic carbocycles. The van der Waals surface area contributed by atoms with Crippen LogP contribution in [0, 0.1) is 5.82 Å². The van der Waals surface area contributed by atoms with E-state index in [9.17, 15) is 22.4 Å². The molecule has 0 unspecified atom stereocenters. The predicted octanol–water partition coefficient (Wildman–Crippen LogP) is 4.80. The number of carbonyl (C=O) groups is 1. The van der Waals surface area contributed by atoms with E-state index >= 15 is 0 Å². The minimum Gasteiger partial charge on any atom is -0.405 e. The summed E-state index contributed by atoms with van der Waals surface area (Å²) in [7, 11) is 0. The number of fused-ring (bicyclic) bond motifs is 1. The maximum Gasteiger partial charge on any atom is 0.573 e. The number of alkyl halides is 3. The number of benzene rings is 2. The van der Waals surface area contributed by atoms with Crippen molar-refractivity contribution in [3.05, 3.63) is 63.9 Å². The van der Waals surface area contributed by atoms with E-state index in [1.165, 1.54) is 24.3 Å². The minimum absolute atomic E-state index is 0.193. The molecular weight excluding hydrogens is 362 g/mol. The van der Waals surface area contributed by atoms with E-state index in [0.717, 1.165) is 6.07 Å². The number of hydrogen-bond acceptors (Lipinski definition) is 2. The van der Waals surface area contributed by atoms with Crippen LogP contribution in [0.15, 0.2) is 36.4 Å². The second-order valence-electron chi connectivity index (χ2n) is 5.56. The summed E-state index contributed by atoms with van der Waals surface area (Å²) < 4.78 is 55.2. The highest BCUT2D eigenvalue weighted by Crippen LogP contribution is 2.35. The lowest BCUT2D eigenvalue weighted by Crippen LogP contribution is -2.28. The molecular formula is C17H12ClF4NO2. The van der Waals surface area contributed by atoms with Crippen molar-refractivity contribution in [2.75, 3.05) is 0 Å². The van der Waals surface area contributed by atoms with Crippen LogP contribution in [0.2, 0.25) is 5.02 Å². The quantitative estimate of drug-likeness (QED) is 0.785. The minimum atomic E-state index is -4.91. The van der Waals surface area contributed by atoms with Gasteiger partial charge in [0.1, 0.15) is 11.6 Å². The summed E-state index contributed by atoms with van der Waals surface area (Å²) in [5.41, 5.74) is 0.734. The van der Waals surface area contributed by atoms with Gasteiger partial charge >= 0.3 is 6.36 Å². The van der Waals surface area contributed by atoms with Crippen molar-refractivity contribution in [1.29, 1.82) is 0 Å². The van der Waals surface area contributed by atoms with E-state index in [1.54, 1.807) is 6.07 Å². The molecule has 1 amide bonds. The Balaban J connectivity index is 1.84. The van der Waals surface area contributed by atoms with Crippen molar-refractivity contribution in [1.82, 2.24) is 5.32 Å². The van der Waals surface area contributed by atoms with Gasteiger partial charge in [0, 0.05) is 5.02 Å². The number of rotatable bonds is 3. The van der Waals surface area contributed by atoms with E-state index in [4.69, 9.17) is 11.6 Å². The van der Waals surface area contributed by atoms with Crippen LogP contribution < -0.4 is 10.1 Å². The van der Waals surface area contributed by atoms with Crippen LogP contribution in [0.5, 0.6) is 5.75 Å². The molecule has 132 valence electrons. The zero-order valence-electron chi connectivity index (χ0n) is 12.7. The molecule has 0 spiro atoms. The molecule has 1 atom stereocenters. The van der Waals surface area contributed by atoms with Crippen molar-refractivity contribution in [3.63, 3.8) is 0 Å². The largest absolute Gasteiger partial charge is 0.573 e. The lowest BCUT2D eigenvalue weighted by atomic mass is 10.1. The molecule has 8 heteroatoms. The standard InChI is InChI=1S/C17H12ClF4NO2/c18-9-7-12-10(13(19)8-9)5-6-14(12)23-16(24)11-3-1-2-4-15(11)25-17(20,21)22/h1-4,7-8,14H,5-6H2,(H,23,24)/t14-/m1/s1. The molecule has 25 heavy (non-hydrogen) atoms. The number of hydrogen-bond donors (Lipinski definition) is 1. The molecule has 3 nitrogen and oxygen atoms in total. The Bertz CT molecular complexity index is 823. The zero-order valence-corrected chi connectivity index (χ0v) is 13.4. The third-order valence-corrected chi connectivity index (χ3v) is 4.13. The maximum absolute atomic E-state index is 13.9. The van der Waals surface area contributed by atoms with Crippen LogP contribution in [0.25, 0.3) is 0 Å². The zero-order chi connectivity index (χ0) is 18.2.